The normalized spacial score (nSPS) is 16.2. The standard InChI is InChI=1S/C12H17N3O/c1-9(16)15-6-2-5-14-8-10-7-11(13)3-4-12(10)15/h3-4,7,14H,2,5-6,8,13H2,1H3. The van der Waals surface area contributed by atoms with E-state index in [1.807, 2.05) is 23.1 Å². The summed E-state index contributed by atoms with van der Waals surface area (Å²) in [7, 11) is 0. The third-order valence-electron chi connectivity index (χ3n) is 2.83. The molecule has 2 rings (SSSR count). The van der Waals surface area contributed by atoms with E-state index in [1.54, 1.807) is 6.92 Å². The van der Waals surface area contributed by atoms with Gasteiger partial charge >= 0.3 is 0 Å². The molecule has 86 valence electrons. The minimum Gasteiger partial charge on any atom is -0.399 e. The van der Waals surface area contributed by atoms with Crippen molar-refractivity contribution in [2.45, 2.75) is 19.9 Å². The summed E-state index contributed by atoms with van der Waals surface area (Å²) >= 11 is 0. The predicted octanol–water partition coefficient (Wildman–Crippen LogP) is 1.11. The van der Waals surface area contributed by atoms with Crippen molar-refractivity contribution in [2.24, 2.45) is 0 Å². The lowest BCUT2D eigenvalue weighted by atomic mass is 10.1. The van der Waals surface area contributed by atoms with Gasteiger partial charge in [0.2, 0.25) is 5.91 Å². The Kier molecular flexibility index (Phi) is 3.10. The number of fused-ring (bicyclic) bond motifs is 1. The second-order valence-corrected chi connectivity index (χ2v) is 4.09. The van der Waals surface area contributed by atoms with E-state index in [0.29, 0.717) is 0 Å². The molecule has 0 saturated carbocycles. The maximum atomic E-state index is 11.6. The highest BCUT2D eigenvalue weighted by atomic mass is 16.2. The second kappa shape index (κ2) is 4.53. The Balaban J connectivity index is 2.42. The fraction of sp³-hybridized carbons (Fsp3) is 0.417. The lowest BCUT2D eigenvalue weighted by Gasteiger charge is -2.26. The number of nitrogens with two attached hydrogens (primary N) is 1. The number of nitrogens with one attached hydrogen (secondary N) is 1. The summed E-state index contributed by atoms with van der Waals surface area (Å²) < 4.78 is 0. The molecule has 1 aromatic carbocycles. The fourth-order valence-electron chi connectivity index (χ4n) is 2.04. The van der Waals surface area contributed by atoms with Crippen LogP contribution in [0.1, 0.15) is 18.9 Å². The zero-order chi connectivity index (χ0) is 11.5. The van der Waals surface area contributed by atoms with Crippen molar-refractivity contribution < 1.29 is 4.79 Å². The highest BCUT2D eigenvalue weighted by Crippen LogP contribution is 2.24. The van der Waals surface area contributed by atoms with Crippen molar-refractivity contribution in [2.75, 3.05) is 23.7 Å². The average Bonchev–Trinajstić information content (AvgIpc) is 2.20. The van der Waals surface area contributed by atoms with E-state index in [-0.39, 0.29) is 5.91 Å². The number of amides is 1. The van der Waals surface area contributed by atoms with Crippen LogP contribution in [0.4, 0.5) is 11.4 Å². The lowest BCUT2D eigenvalue weighted by Crippen LogP contribution is -2.35. The van der Waals surface area contributed by atoms with Crippen molar-refractivity contribution in [3.8, 4) is 0 Å². The van der Waals surface area contributed by atoms with Crippen LogP contribution in [0.15, 0.2) is 18.2 Å². The van der Waals surface area contributed by atoms with Gasteiger partial charge in [0.05, 0.1) is 0 Å². The van der Waals surface area contributed by atoms with Crippen molar-refractivity contribution in [3.63, 3.8) is 0 Å². The molecule has 3 N–H and O–H groups in total. The van der Waals surface area contributed by atoms with Gasteiger partial charge in [-0.2, -0.15) is 0 Å². The smallest absolute Gasteiger partial charge is 0.223 e. The summed E-state index contributed by atoms with van der Waals surface area (Å²) in [5.41, 5.74) is 8.58. The van der Waals surface area contributed by atoms with Crippen molar-refractivity contribution >= 4 is 17.3 Å². The first-order chi connectivity index (χ1) is 7.68. The minimum atomic E-state index is 0.0907. The van der Waals surface area contributed by atoms with E-state index in [0.717, 1.165) is 43.0 Å². The van der Waals surface area contributed by atoms with E-state index in [9.17, 15) is 4.79 Å². The summed E-state index contributed by atoms with van der Waals surface area (Å²) in [5.74, 6) is 0.0907. The molecule has 0 radical (unpaired) electrons. The Labute approximate surface area is 95.4 Å². The van der Waals surface area contributed by atoms with Crippen LogP contribution in [-0.2, 0) is 11.3 Å². The van der Waals surface area contributed by atoms with E-state index in [1.165, 1.54) is 0 Å². The van der Waals surface area contributed by atoms with E-state index in [2.05, 4.69) is 5.32 Å². The molecule has 1 aliphatic rings. The summed E-state index contributed by atoms with van der Waals surface area (Å²) in [5, 5.41) is 3.34. The van der Waals surface area contributed by atoms with Crippen LogP contribution in [0.5, 0.6) is 0 Å². The molecule has 0 spiro atoms. The molecule has 0 aliphatic carbocycles. The number of nitrogen functional groups attached to an aromatic ring is 1. The minimum absolute atomic E-state index is 0.0907. The molecule has 1 amide bonds. The SMILES string of the molecule is CC(=O)N1CCCNCc2cc(N)ccc21. The molecule has 0 atom stereocenters. The summed E-state index contributed by atoms with van der Waals surface area (Å²) in [6, 6.07) is 5.71. The van der Waals surface area contributed by atoms with E-state index in [4.69, 9.17) is 5.73 Å². The quantitative estimate of drug-likeness (QED) is 0.643. The Morgan fingerprint density at radius 1 is 1.50 bits per heavy atom. The topological polar surface area (TPSA) is 58.4 Å². The third-order valence-corrected chi connectivity index (χ3v) is 2.83. The number of nitrogens with zero attached hydrogens (tertiary/aromatic N) is 1. The van der Waals surface area contributed by atoms with Crippen molar-refractivity contribution in [1.29, 1.82) is 0 Å². The van der Waals surface area contributed by atoms with Crippen molar-refractivity contribution in [1.82, 2.24) is 5.32 Å². The number of carbonyl (C=O) groups excluding carboxylic acids is 1. The molecule has 0 aromatic heterocycles. The molecule has 16 heavy (non-hydrogen) atoms. The molecule has 1 aromatic rings. The first-order valence-electron chi connectivity index (χ1n) is 5.55. The van der Waals surface area contributed by atoms with Gasteiger partial charge in [-0.25, -0.2) is 0 Å². The molecule has 1 heterocycles. The number of anilines is 2. The monoisotopic (exact) mass is 219 g/mol. The van der Waals surface area contributed by atoms with Gasteiger partial charge in [0, 0.05) is 31.4 Å². The van der Waals surface area contributed by atoms with Gasteiger partial charge in [-0.05, 0) is 36.7 Å². The first-order valence-corrected chi connectivity index (χ1v) is 5.55. The number of carbonyl (C=O) groups is 1. The van der Waals surface area contributed by atoms with Gasteiger partial charge in [-0.15, -0.1) is 0 Å². The van der Waals surface area contributed by atoms with E-state index >= 15 is 0 Å². The number of rotatable bonds is 0. The average molecular weight is 219 g/mol. The van der Waals surface area contributed by atoms with Gasteiger partial charge in [0.25, 0.3) is 0 Å². The van der Waals surface area contributed by atoms with Gasteiger partial charge < -0.3 is 16.0 Å². The third kappa shape index (κ3) is 2.17. The Morgan fingerprint density at radius 2 is 2.31 bits per heavy atom. The Hall–Kier alpha value is -1.55. The molecule has 0 saturated heterocycles. The Bertz CT molecular complexity index is 403. The predicted molar refractivity (Wildman–Crippen MR) is 65.2 cm³/mol. The molecule has 1 aliphatic heterocycles. The summed E-state index contributed by atoms with van der Waals surface area (Å²) in [6.07, 6.45) is 0.976. The largest absolute Gasteiger partial charge is 0.399 e. The van der Waals surface area contributed by atoms with Crippen LogP contribution in [0.25, 0.3) is 0 Å². The molecule has 4 heteroatoms. The van der Waals surface area contributed by atoms with Gasteiger partial charge in [0.1, 0.15) is 0 Å². The van der Waals surface area contributed by atoms with Crippen LogP contribution < -0.4 is 16.0 Å². The molecule has 0 bridgehead atoms. The highest BCUT2D eigenvalue weighted by Gasteiger charge is 2.16. The maximum absolute atomic E-state index is 11.6. The second-order valence-electron chi connectivity index (χ2n) is 4.09. The van der Waals surface area contributed by atoms with Gasteiger partial charge in [-0.1, -0.05) is 0 Å². The van der Waals surface area contributed by atoms with E-state index < -0.39 is 0 Å². The molecule has 4 nitrogen and oxygen atoms in total. The number of hydrogen-bond donors (Lipinski definition) is 2. The van der Waals surface area contributed by atoms with Crippen LogP contribution in [0, 0.1) is 0 Å². The zero-order valence-electron chi connectivity index (χ0n) is 9.49. The van der Waals surface area contributed by atoms with Gasteiger partial charge in [-0.3, -0.25) is 4.79 Å². The summed E-state index contributed by atoms with van der Waals surface area (Å²) in [4.78, 5) is 13.4. The number of benzene rings is 1. The van der Waals surface area contributed by atoms with Gasteiger partial charge in [0.15, 0.2) is 0 Å². The molecular weight excluding hydrogens is 202 g/mol. The maximum Gasteiger partial charge on any atom is 0.223 e. The van der Waals surface area contributed by atoms with Crippen LogP contribution in [-0.4, -0.2) is 19.0 Å². The molecule has 0 unspecified atom stereocenters. The first kappa shape index (κ1) is 11.0. The van der Waals surface area contributed by atoms with Crippen LogP contribution in [0.3, 0.4) is 0 Å². The molecular formula is C12H17N3O. The highest BCUT2D eigenvalue weighted by molar-refractivity contribution is 5.92. The lowest BCUT2D eigenvalue weighted by molar-refractivity contribution is -0.116. The fourth-order valence-corrected chi connectivity index (χ4v) is 2.04. The molecule has 0 fully saturated rings. The number of hydrogen-bond acceptors (Lipinski definition) is 3. The zero-order valence-corrected chi connectivity index (χ0v) is 9.49. The van der Waals surface area contributed by atoms with Crippen LogP contribution >= 0.6 is 0 Å². The van der Waals surface area contributed by atoms with Crippen molar-refractivity contribution in [3.05, 3.63) is 23.8 Å². The summed E-state index contributed by atoms with van der Waals surface area (Å²) in [6.45, 7) is 4.07. The van der Waals surface area contributed by atoms with Crippen LogP contribution in [0.2, 0.25) is 0 Å². The Morgan fingerprint density at radius 3 is 3.06 bits per heavy atom.